The minimum Gasteiger partial charge on any atom is -0.496 e. The van der Waals surface area contributed by atoms with Gasteiger partial charge in [-0.15, -0.1) is 0 Å². The van der Waals surface area contributed by atoms with Crippen LogP contribution in [-0.4, -0.2) is 44.1 Å². The topological polar surface area (TPSA) is 56.6 Å². The molecule has 0 N–H and O–H groups in total. The molecule has 5 heteroatoms. The molecule has 1 heterocycles. The highest BCUT2D eigenvalue weighted by atomic mass is 16.5. The Morgan fingerprint density at radius 1 is 1.04 bits per heavy atom. The Bertz CT molecular complexity index is 757. The number of hydrogen-bond acceptors (Lipinski definition) is 4. The Balaban J connectivity index is 1.66. The molecular weight excluding hydrogens is 302 g/mol. The van der Waals surface area contributed by atoms with Gasteiger partial charge in [-0.05, 0) is 36.4 Å². The summed E-state index contributed by atoms with van der Waals surface area (Å²) < 4.78 is 5.29. The lowest BCUT2D eigenvalue weighted by atomic mass is 10.1. The second-order valence-electron chi connectivity index (χ2n) is 5.64. The molecule has 1 aliphatic rings. The summed E-state index contributed by atoms with van der Waals surface area (Å²) in [5, 5.41) is 8.87. The van der Waals surface area contributed by atoms with Gasteiger partial charge < -0.3 is 14.5 Å². The van der Waals surface area contributed by atoms with E-state index in [0.29, 0.717) is 30.0 Å². The standard InChI is InChI=1S/C19H19N3O2/c1-24-18-5-3-2-4-17(18)19(23)22-12-10-21(11-13-22)16-8-6-15(14-20)7-9-16/h2-9H,10-13H2,1H3. The van der Waals surface area contributed by atoms with Gasteiger partial charge >= 0.3 is 0 Å². The summed E-state index contributed by atoms with van der Waals surface area (Å²) in [5.74, 6) is 0.615. The molecule has 2 aromatic rings. The Morgan fingerprint density at radius 3 is 2.33 bits per heavy atom. The summed E-state index contributed by atoms with van der Waals surface area (Å²) in [4.78, 5) is 16.8. The lowest BCUT2D eigenvalue weighted by Crippen LogP contribution is -2.48. The lowest BCUT2D eigenvalue weighted by molar-refractivity contribution is 0.0743. The van der Waals surface area contributed by atoms with Gasteiger partial charge in [0.25, 0.3) is 5.91 Å². The molecule has 5 nitrogen and oxygen atoms in total. The van der Waals surface area contributed by atoms with E-state index in [2.05, 4.69) is 11.0 Å². The molecule has 1 amide bonds. The van der Waals surface area contributed by atoms with Crippen molar-refractivity contribution in [3.8, 4) is 11.8 Å². The summed E-state index contributed by atoms with van der Waals surface area (Å²) in [7, 11) is 1.58. The van der Waals surface area contributed by atoms with E-state index in [1.165, 1.54) is 0 Å². The SMILES string of the molecule is COc1ccccc1C(=O)N1CCN(c2ccc(C#N)cc2)CC1. The number of rotatable bonds is 3. The van der Waals surface area contributed by atoms with Crippen molar-refractivity contribution in [2.24, 2.45) is 0 Å². The highest BCUT2D eigenvalue weighted by Crippen LogP contribution is 2.22. The van der Waals surface area contributed by atoms with Crippen LogP contribution >= 0.6 is 0 Å². The number of ether oxygens (including phenoxy) is 1. The first-order chi connectivity index (χ1) is 11.7. The normalized spacial score (nSPS) is 14.2. The second-order valence-corrected chi connectivity index (χ2v) is 5.64. The molecule has 1 aliphatic heterocycles. The fourth-order valence-corrected chi connectivity index (χ4v) is 2.91. The molecule has 1 fully saturated rings. The number of carbonyl (C=O) groups is 1. The number of benzene rings is 2. The Morgan fingerprint density at radius 2 is 1.71 bits per heavy atom. The largest absolute Gasteiger partial charge is 0.496 e. The van der Waals surface area contributed by atoms with Crippen LogP contribution < -0.4 is 9.64 Å². The van der Waals surface area contributed by atoms with Crippen LogP contribution in [0.25, 0.3) is 0 Å². The highest BCUT2D eigenvalue weighted by molar-refractivity contribution is 5.97. The van der Waals surface area contributed by atoms with Gasteiger partial charge in [0.15, 0.2) is 0 Å². The summed E-state index contributed by atoms with van der Waals surface area (Å²) in [5.41, 5.74) is 2.34. The average molecular weight is 321 g/mol. The number of nitriles is 1. The van der Waals surface area contributed by atoms with Crippen LogP contribution in [-0.2, 0) is 0 Å². The van der Waals surface area contributed by atoms with Crippen molar-refractivity contribution in [2.75, 3.05) is 38.2 Å². The molecule has 0 aliphatic carbocycles. The van der Waals surface area contributed by atoms with Crippen molar-refractivity contribution < 1.29 is 9.53 Å². The smallest absolute Gasteiger partial charge is 0.257 e. The number of anilines is 1. The molecule has 0 radical (unpaired) electrons. The predicted molar refractivity (Wildman–Crippen MR) is 92.3 cm³/mol. The maximum atomic E-state index is 12.7. The predicted octanol–water partition coefficient (Wildman–Crippen LogP) is 2.53. The van der Waals surface area contributed by atoms with Crippen LogP contribution in [0.15, 0.2) is 48.5 Å². The van der Waals surface area contributed by atoms with Crippen molar-refractivity contribution in [3.05, 3.63) is 59.7 Å². The van der Waals surface area contributed by atoms with E-state index in [9.17, 15) is 4.79 Å². The van der Waals surface area contributed by atoms with Gasteiger partial charge in [-0.2, -0.15) is 5.26 Å². The lowest BCUT2D eigenvalue weighted by Gasteiger charge is -2.36. The van der Waals surface area contributed by atoms with Crippen molar-refractivity contribution in [1.29, 1.82) is 5.26 Å². The maximum absolute atomic E-state index is 12.7. The van der Waals surface area contributed by atoms with E-state index >= 15 is 0 Å². The van der Waals surface area contributed by atoms with E-state index in [1.807, 2.05) is 41.3 Å². The number of para-hydroxylation sites is 1. The zero-order valence-electron chi connectivity index (χ0n) is 13.6. The van der Waals surface area contributed by atoms with Gasteiger partial charge in [0.1, 0.15) is 5.75 Å². The van der Waals surface area contributed by atoms with Gasteiger partial charge in [0, 0.05) is 31.9 Å². The van der Waals surface area contributed by atoms with Crippen molar-refractivity contribution in [2.45, 2.75) is 0 Å². The van der Waals surface area contributed by atoms with Gasteiger partial charge in [0.05, 0.1) is 24.3 Å². The molecule has 3 rings (SSSR count). The van der Waals surface area contributed by atoms with Crippen molar-refractivity contribution >= 4 is 11.6 Å². The van der Waals surface area contributed by atoms with Gasteiger partial charge in [-0.3, -0.25) is 4.79 Å². The summed E-state index contributed by atoms with van der Waals surface area (Å²) in [6.07, 6.45) is 0. The Labute approximate surface area is 141 Å². The first kappa shape index (κ1) is 15.9. The Hall–Kier alpha value is -3.00. The number of carbonyl (C=O) groups excluding carboxylic acids is 1. The number of amides is 1. The number of hydrogen-bond donors (Lipinski definition) is 0. The molecule has 24 heavy (non-hydrogen) atoms. The van der Waals surface area contributed by atoms with Crippen LogP contribution in [0.3, 0.4) is 0 Å². The third-order valence-electron chi connectivity index (χ3n) is 4.27. The van der Waals surface area contributed by atoms with Crippen LogP contribution in [0, 0.1) is 11.3 Å². The second kappa shape index (κ2) is 7.05. The molecular formula is C19H19N3O2. The quantitative estimate of drug-likeness (QED) is 0.872. The van der Waals surface area contributed by atoms with Gasteiger partial charge in [-0.25, -0.2) is 0 Å². The highest BCUT2D eigenvalue weighted by Gasteiger charge is 2.24. The van der Waals surface area contributed by atoms with Gasteiger partial charge in [-0.1, -0.05) is 12.1 Å². The van der Waals surface area contributed by atoms with Crippen LogP contribution in [0.4, 0.5) is 5.69 Å². The average Bonchev–Trinajstić information content (AvgIpc) is 2.67. The van der Waals surface area contributed by atoms with E-state index < -0.39 is 0 Å². The molecule has 2 aromatic carbocycles. The molecule has 0 bridgehead atoms. The molecule has 122 valence electrons. The summed E-state index contributed by atoms with van der Waals surface area (Å²) >= 11 is 0. The molecule has 1 saturated heterocycles. The monoisotopic (exact) mass is 321 g/mol. The number of methoxy groups -OCH3 is 1. The molecule has 0 spiro atoms. The van der Waals surface area contributed by atoms with E-state index in [1.54, 1.807) is 19.2 Å². The van der Waals surface area contributed by atoms with E-state index in [4.69, 9.17) is 10.00 Å². The summed E-state index contributed by atoms with van der Waals surface area (Å²) in [6, 6.07) is 17.0. The van der Waals surface area contributed by atoms with E-state index in [-0.39, 0.29) is 5.91 Å². The first-order valence-corrected chi connectivity index (χ1v) is 7.90. The molecule has 0 saturated carbocycles. The van der Waals surface area contributed by atoms with Gasteiger partial charge in [0.2, 0.25) is 0 Å². The summed E-state index contributed by atoms with van der Waals surface area (Å²) in [6.45, 7) is 2.87. The number of nitrogens with zero attached hydrogens (tertiary/aromatic N) is 3. The van der Waals surface area contributed by atoms with Crippen LogP contribution in [0.2, 0.25) is 0 Å². The Kier molecular flexibility index (Phi) is 4.66. The maximum Gasteiger partial charge on any atom is 0.257 e. The van der Waals surface area contributed by atoms with E-state index in [0.717, 1.165) is 18.8 Å². The molecule has 0 aromatic heterocycles. The molecule has 0 unspecified atom stereocenters. The van der Waals surface area contributed by atoms with Crippen molar-refractivity contribution in [3.63, 3.8) is 0 Å². The zero-order chi connectivity index (χ0) is 16.9. The third kappa shape index (κ3) is 3.18. The number of piperazine rings is 1. The molecule has 0 atom stereocenters. The first-order valence-electron chi connectivity index (χ1n) is 7.90. The third-order valence-corrected chi connectivity index (χ3v) is 4.27. The van der Waals surface area contributed by atoms with Crippen LogP contribution in [0.5, 0.6) is 5.75 Å². The minimum absolute atomic E-state index is 0.00642. The fourth-order valence-electron chi connectivity index (χ4n) is 2.91. The zero-order valence-corrected chi connectivity index (χ0v) is 13.6. The minimum atomic E-state index is 0.00642. The van der Waals surface area contributed by atoms with Crippen LogP contribution in [0.1, 0.15) is 15.9 Å². The van der Waals surface area contributed by atoms with Crippen molar-refractivity contribution in [1.82, 2.24) is 4.90 Å². The fraction of sp³-hybridized carbons (Fsp3) is 0.263.